The highest BCUT2D eigenvalue weighted by atomic mass is 32.2. The molecule has 0 atom stereocenters. The topological polar surface area (TPSA) is 28.7 Å². The van der Waals surface area contributed by atoms with E-state index in [0.29, 0.717) is 0 Å². The highest BCUT2D eigenvalue weighted by Gasteiger charge is 1.93. The number of hydrogen-bond acceptors (Lipinski definition) is 3. The van der Waals surface area contributed by atoms with Crippen molar-refractivity contribution in [3.8, 4) is 0 Å². The Labute approximate surface area is 76.6 Å². The molecule has 0 fully saturated rings. The van der Waals surface area contributed by atoms with Crippen LogP contribution in [0.5, 0.6) is 0 Å². The van der Waals surface area contributed by atoms with E-state index in [1.54, 1.807) is 18.0 Å². The fourth-order valence-corrected chi connectivity index (χ4v) is 1.76. The van der Waals surface area contributed by atoms with Crippen molar-refractivity contribution in [2.75, 3.05) is 11.5 Å². The van der Waals surface area contributed by atoms with Crippen LogP contribution in [0.15, 0.2) is 17.6 Å². The molecule has 0 aliphatic heterocycles. The van der Waals surface area contributed by atoms with Crippen LogP contribution >= 0.6 is 24.4 Å². The van der Waals surface area contributed by atoms with E-state index in [4.69, 9.17) is 0 Å². The SMILES string of the molecule is SCCCCSc1ncc[nH]1. The summed E-state index contributed by atoms with van der Waals surface area (Å²) >= 11 is 5.90. The number of thiol groups is 1. The summed E-state index contributed by atoms with van der Waals surface area (Å²) in [7, 11) is 0. The van der Waals surface area contributed by atoms with Crippen LogP contribution in [-0.2, 0) is 0 Å². The van der Waals surface area contributed by atoms with Gasteiger partial charge in [0.15, 0.2) is 5.16 Å². The third kappa shape index (κ3) is 3.72. The Morgan fingerprint density at radius 1 is 1.55 bits per heavy atom. The second kappa shape index (κ2) is 5.55. The zero-order valence-electron chi connectivity index (χ0n) is 6.29. The minimum Gasteiger partial charge on any atom is -0.340 e. The van der Waals surface area contributed by atoms with Gasteiger partial charge in [-0.1, -0.05) is 11.8 Å². The molecule has 0 amide bonds. The van der Waals surface area contributed by atoms with Crippen molar-refractivity contribution in [1.29, 1.82) is 0 Å². The van der Waals surface area contributed by atoms with Crippen molar-refractivity contribution in [1.82, 2.24) is 9.97 Å². The Morgan fingerprint density at radius 2 is 2.45 bits per heavy atom. The molecule has 0 aliphatic rings. The van der Waals surface area contributed by atoms with Gasteiger partial charge in [0, 0.05) is 18.1 Å². The molecular weight excluding hydrogens is 176 g/mol. The van der Waals surface area contributed by atoms with E-state index >= 15 is 0 Å². The summed E-state index contributed by atoms with van der Waals surface area (Å²) in [5, 5.41) is 1.02. The predicted molar refractivity (Wildman–Crippen MR) is 52.4 cm³/mol. The standard InChI is InChI=1S/C7H12N2S2/c10-5-1-2-6-11-7-8-3-4-9-7/h3-4,10H,1-2,5-6H2,(H,8,9). The highest BCUT2D eigenvalue weighted by molar-refractivity contribution is 7.99. The van der Waals surface area contributed by atoms with Crippen LogP contribution in [0.3, 0.4) is 0 Å². The largest absolute Gasteiger partial charge is 0.340 e. The Kier molecular flexibility index (Phi) is 4.54. The summed E-state index contributed by atoms with van der Waals surface area (Å²) in [6, 6.07) is 0. The number of aromatic amines is 1. The number of rotatable bonds is 5. The number of hydrogen-bond donors (Lipinski definition) is 2. The first-order valence-corrected chi connectivity index (χ1v) is 5.28. The van der Waals surface area contributed by atoms with E-state index in [1.165, 1.54) is 12.8 Å². The van der Waals surface area contributed by atoms with Gasteiger partial charge in [-0.3, -0.25) is 0 Å². The minimum atomic E-state index is 0.985. The molecule has 0 unspecified atom stereocenters. The number of thioether (sulfide) groups is 1. The van der Waals surface area contributed by atoms with Gasteiger partial charge in [0.1, 0.15) is 0 Å². The number of unbranched alkanes of at least 4 members (excludes halogenated alkanes) is 1. The first-order valence-electron chi connectivity index (χ1n) is 3.66. The molecule has 11 heavy (non-hydrogen) atoms. The second-order valence-electron chi connectivity index (χ2n) is 2.17. The summed E-state index contributed by atoms with van der Waals surface area (Å²) in [5.74, 6) is 2.12. The quantitative estimate of drug-likeness (QED) is 0.421. The lowest BCUT2D eigenvalue weighted by molar-refractivity contribution is 0.905. The smallest absolute Gasteiger partial charge is 0.165 e. The molecule has 0 saturated heterocycles. The average molecular weight is 188 g/mol. The number of H-pyrrole nitrogens is 1. The summed E-state index contributed by atoms with van der Waals surface area (Å²) in [6.07, 6.45) is 6.04. The fraction of sp³-hybridized carbons (Fsp3) is 0.571. The van der Waals surface area contributed by atoms with E-state index in [-0.39, 0.29) is 0 Å². The van der Waals surface area contributed by atoms with Crippen molar-refractivity contribution in [2.45, 2.75) is 18.0 Å². The van der Waals surface area contributed by atoms with Gasteiger partial charge in [-0.15, -0.1) is 0 Å². The monoisotopic (exact) mass is 188 g/mol. The molecule has 62 valence electrons. The maximum Gasteiger partial charge on any atom is 0.165 e. The maximum atomic E-state index is 4.14. The van der Waals surface area contributed by atoms with Crippen molar-refractivity contribution < 1.29 is 0 Å². The zero-order chi connectivity index (χ0) is 7.94. The first kappa shape index (κ1) is 9.00. The van der Waals surface area contributed by atoms with Crippen molar-refractivity contribution >= 4 is 24.4 Å². The van der Waals surface area contributed by atoms with Crippen LogP contribution in [-0.4, -0.2) is 21.5 Å². The Hall–Kier alpha value is -0.0900. The van der Waals surface area contributed by atoms with Gasteiger partial charge in [0.2, 0.25) is 0 Å². The van der Waals surface area contributed by atoms with E-state index in [9.17, 15) is 0 Å². The van der Waals surface area contributed by atoms with Crippen LogP contribution in [0.4, 0.5) is 0 Å². The van der Waals surface area contributed by atoms with Crippen LogP contribution in [0.25, 0.3) is 0 Å². The average Bonchev–Trinajstić information content (AvgIpc) is 2.50. The third-order valence-electron chi connectivity index (χ3n) is 1.26. The summed E-state index contributed by atoms with van der Waals surface area (Å²) in [6.45, 7) is 0. The molecule has 0 aliphatic carbocycles. The van der Waals surface area contributed by atoms with Crippen LogP contribution in [0.1, 0.15) is 12.8 Å². The molecule has 1 heterocycles. The van der Waals surface area contributed by atoms with Gasteiger partial charge >= 0.3 is 0 Å². The summed E-state index contributed by atoms with van der Waals surface area (Å²) in [4.78, 5) is 7.15. The summed E-state index contributed by atoms with van der Waals surface area (Å²) < 4.78 is 0. The predicted octanol–water partition coefficient (Wildman–Crippen LogP) is 2.21. The van der Waals surface area contributed by atoms with Gasteiger partial charge in [0.25, 0.3) is 0 Å². The van der Waals surface area contributed by atoms with Gasteiger partial charge in [-0.2, -0.15) is 12.6 Å². The molecular formula is C7H12N2S2. The third-order valence-corrected chi connectivity index (χ3v) is 2.57. The van der Waals surface area contributed by atoms with Gasteiger partial charge in [-0.25, -0.2) is 4.98 Å². The molecule has 2 nitrogen and oxygen atoms in total. The van der Waals surface area contributed by atoms with E-state index in [2.05, 4.69) is 22.6 Å². The number of nitrogens with one attached hydrogen (secondary N) is 1. The number of imidazole rings is 1. The Morgan fingerprint density at radius 3 is 3.09 bits per heavy atom. The highest BCUT2D eigenvalue weighted by Crippen LogP contribution is 2.13. The lowest BCUT2D eigenvalue weighted by Gasteiger charge is -1.95. The van der Waals surface area contributed by atoms with Crippen LogP contribution < -0.4 is 0 Å². The second-order valence-corrected chi connectivity index (χ2v) is 3.70. The molecule has 1 rings (SSSR count). The molecule has 0 spiro atoms. The molecule has 0 saturated carbocycles. The molecule has 1 aromatic rings. The van der Waals surface area contributed by atoms with Gasteiger partial charge < -0.3 is 4.98 Å². The van der Waals surface area contributed by atoms with Crippen molar-refractivity contribution in [3.05, 3.63) is 12.4 Å². The van der Waals surface area contributed by atoms with Crippen LogP contribution in [0, 0.1) is 0 Å². The fourth-order valence-electron chi connectivity index (χ4n) is 0.712. The molecule has 0 radical (unpaired) electrons. The number of aromatic nitrogens is 2. The van der Waals surface area contributed by atoms with E-state index in [0.717, 1.165) is 16.7 Å². The van der Waals surface area contributed by atoms with E-state index < -0.39 is 0 Å². The molecule has 0 bridgehead atoms. The van der Waals surface area contributed by atoms with Gasteiger partial charge in [-0.05, 0) is 18.6 Å². The van der Waals surface area contributed by atoms with Gasteiger partial charge in [0.05, 0.1) is 0 Å². The van der Waals surface area contributed by atoms with Crippen LogP contribution in [0.2, 0.25) is 0 Å². The number of nitrogens with zero attached hydrogens (tertiary/aromatic N) is 1. The normalized spacial score (nSPS) is 10.3. The zero-order valence-corrected chi connectivity index (χ0v) is 8.00. The Bertz CT molecular complexity index is 175. The van der Waals surface area contributed by atoms with E-state index in [1.807, 2.05) is 6.20 Å². The molecule has 0 aromatic carbocycles. The first-order chi connectivity index (χ1) is 5.43. The molecule has 1 aromatic heterocycles. The minimum absolute atomic E-state index is 0.985. The van der Waals surface area contributed by atoms with Crippen molar-refractivity contribution in [3.63, 3.8) is 0 Å². The Balaban J connectivity index is 2.04. The summed E-state index contributed by atoms with van der Waals surface area (Å²) in [5.41, 5.74) is 0. The maximum absolute atomic E-state index is 4.14. The lowest BCUT2D eigenvalue weighted by Crippen LogP contribution is -1.82. The van der Waals surface area contributed by atoms with Crippen molar-refractivity contribution in [2.24, 2.45) is 0 Å². The molecule has 4 heteroatoms. The molecule has 1 N–H and O–H groups in total. The lowest BCUT2D eigenvalue weighted by atomic mass is 10.4.